The molecule has 3 heterocycles. The number of piperidine rings is 1. The molecular weight excluding hydrogens is 302 g/mol. The second kappa shape index (κ2) is 8.17. The molecular formula is C18H25N5O. The number of methoxy groups -OCH3 is 1. The van der Waals surface area contributed by atoms with Crippen molar-refractivity contribution in [3.8, 4) is 11.5 Å². The third-order valence-electron chi connectivity index (χ3n) is 4.22. The average molecular weight is 327 g/mol. The molecule has 1 aliphatic heterocycles. The number of anilines is 1. The number of hydrogen-bond donors (Lipinski definition) is 1. The predicted octanol–water partition coefficient (Wildman–Crippen LogP) is 2.37. The minimum atomic E-state index is 0.404. The summed E-state index contributed by atoms with van der Waals surface area (Å²) >= 11 is 0. The Balaban J connectivity index is 1.70. The van der Waals surface area contributed by atoms with Gasteiger partial charge in [-0.05, 0) is 38.4 Å². The molecule has 6 heteroatoms. The topological polar surface area (TPSA) is 63.2 Å². The van der Waals surface area contributed by atoms with Crippen LogP contribution in [0.1, 0.15) is 18.5 Å². The number of aromatic nitrogens is 3. The fourth-order valence-corrected chi connectivity index (χ4v) is 3.06. The van der Waals surface area contributed by atoms with Crippen LogP contribution in [-0.4, -0.2) is 59.2 Å². The van der Waals surface area contributed by atoms with E-state index in [0.717, 1.165) is 49.9 Å². The first-order valence-corrected chi connectivity index (χ1v) is 8.49. The zero-order chi connectivity index (χ0) is 16.8. The number of likely N-dealkylation sites (tertiary alicyclic amines) is 1. The lowest BCUT2D eigenvalue weighted by Gasteiger charge is -2.33. The van der Waals surface area contributed by atoms with Crippen LogP contribution in [0.3, 0.4) is 0 Å². The van der Waals surface area contributed by atoms with Gasteiger partial charge in [-0.3, -0.25) is 9.88 Å². The summed E-state index contributed by atoms with van der Waals surface area (Å²) in [5, 5.41) is 3.58. The molecule has 1 fully saturated rings. The Morgan fingerprint density at radius 2 is 2.25 bits per heavy atom. The van der Waals surface area contributed by atoms with Crippen LogP contribution in [0.2, 0.25) is 0 Å². The van der Waals surface area contributed by atoms with E-state index >= 15 is 0 Å². The molecule has 0 aromatic carbocycles. The Morgan fingerprint density at radius 3 is 3.04 bits per heavy atom. The van der Waals surface area contributed by atoms with Crippen LogP contribution in [0.25, 0.3) is 11.5 Å². The van der Waals surface area contributed by atoms with E-state index in [-0.39, 0.29) is 0 Å². The summed E-state index contributed by atoms with van der Waals surface area (Å²) in [6, 6.07) is 8.19. The molecule has 0 amide bonds. The summed E-state index contributed by atoms with van der Waals surface area (Å²) in [5.41, 5.74) is 1.75. The number of hydrogen-bond acceptors (Lipinski definition) is 6. The molecule has 1 atom stereocenters. The minimum Gasteiger partial charge on any atom is -0.383 e. The van der Waals surface area contributed by atoms with E-state index in [0.29, 0.717) is 11.9 Å². The van der Waals surface area contributed by atoms with Crippen LogP contribution < -0.4 is 5.32 Å². The van der Waals surface area contributed by atoms with Gasteiger partial charge in [0, 0.05) is 44.2 Å². The Kier molecular flexibility index (Phi) is 5.72. The minimum absolute atomic E-state index is 0.404. The maximum Gasteiger partial charge on any atom is 0.180 e. The first-order valence-electron chi connectivity index (χ1n) is 8.49. The van der Waals surface area contributed by atoms with Gasteiger partial charge in [0.2, 0.25) is 0 Å². The van der Waals surface area contributed by atoms with Crippen LogP contribution in [0.5, 0.6) is 0 Å². The van der Waals surface area contributed by atoms with Crippen LogP contribution in [0, 0.1) is 6.92 Å². The van der Waals surface area contributed by atoms with E-state index in [1.807, 2.05) is 31.2 Å². The Hall–Kier alpha value is -2.05. The van der Waals surface area contributed by atoms with E-state index in [9.17, 15) is 0 Å². The Bertz CT molecular complexity index is 649. The molecule has 6 nitrogen and oxygen atoms in total. The summed E-state index contributed by atoms with van der Waals surface area (Å²) in [5.74, 6) is 1.55. The first kappa shape index (κ1) is 16.8. The van der Waals surface area contributed by atoms with Gasteiger partial charge in [-0.2, -0.15) is 0 Å². The Morgan fingerprint density at radius 1 is 1.33 bits per heavy atom. The number of aryl methyl sites for hydroxylation is 1. The molecule has 3 rings (SSSR count). The van der Waals surface area contributed by atoms with Crippen molar-refractivity contribution in [2.24, 2.45) is 0 Å². The number of ether oxygens (including phenoxy) is 1. The summed E-state index contributed by atoms with van der Waals surface area (Å²) in [6.45, 7) is 5.92. The third kappa shape index (κ3) is 4.49. The van der Waals surface area contributed by atoms with Crippen molar-refractivity contribution in [2.45, 2.75) is 25.8 Å². The normalized spacial score (nSPS) is 18.5. The molecule has 2 aromatic rings. The second-order valence-corrected chi connectivity index (χ2v) is 6.21. The highest BCUT2D eigenvalue weighted by atomic mass is 16.5. The number of pyridine rings is 1. The lowest BCUT2D eigenvalue weighted by Crippen LogP contribution is -2.43. The first-order chi connectivity index (χ1) is 11.7. The lowest BCUT2D eigenvalue weighted by molar-refractivity contribution is 0.131. The lowest BCUT2D eigenvalue weighted by atomic mass is 10.1. The average Bonchev–Trinajstić information content (AvgIpc) is 2.60. The molecule has 0 bridgehead atoms. The Labute approximate surface area is 143 Å². The third-order valence-corrected chi connectivity index (χ3v) is 4.22. The molecule has 128 valence electrons. The van der Waals surface area contributed by atoms with Gasteiger partial charge in [0.15, 0.2) is 5.82 Å². The number of nitrogens with zero attached hydrogens (tertiary/aromatic N) is 4. The van der Waals surface area contributed by atoms with Crippen molar-refractivity contribution < 1.29 is 4.74 Å². The second-order valence-electron chi connectivity index (χ2n) is 6.21. The fourth-order valence-electron chi connectivity index (χ4n) is 3.06. The molecule has 0 radical (unpaired) electrons. The van der Waals surface area contributed by atoms with Crippen molar-refractivity contribution in [2.75, 3.05) is 38.7 Å². The molecule has 1 aliphatic rings. The van der Waals surface area contributed by atoms with Gasteiger partial charge in [-0.25, -0.2) is 9.97 Å². The van der Waals surface area contributed by atoms with Gasteiger partial charge in [0.05, 0.1) is 6.61 Å². The zero-order valence-corrected chi connectivity index (χ0v) is 14.4. The highest BCUT2D eigenvalue weighted by molar-refractivity contribution is 5.53. The van der Waals surface area contributed by atoms with E-state index < -0.39 is 0 Å². The maximum atomic E-state index is 5.19. The molecule has 24 heavy (non-hydrogen) atoms. The molecule has 1 saturated heterocycles. The summed E-state index contributed by atoms with van der Waals surface area (Å²) in [4.78, 5) is 16.0. The van der Waals surface area contributed by atoms with Gasteiger partial charge < -0.3 is 10.1 Å². The van der Waals surface area contributed by atoms with Crippen LogP contribution in [-0.2, 0) is 4.74 Å². The van der Waals surface area contributed by atoms with E-state index in [1.165, 1.54) is 6.42 Å². The maximum absolute atomic E-state index is 5.19. The van der Waals surface area contributed by atoms with Gasteiger partial charge in [0.25, 0.3) is 0 Å². The van der Waals surface area contributed by atoms with E-state index in [1.54, 1.807) is 13.3 Å². The zero-order valence-electron chi connectivity index (χ0n) is 14.4. The van der Waals surface area contributed by atoms with Crippen molar-refractivity contribution in [1.82, 2.24) is 19.9 Å². The molecule has 0 aliphatic carbocycles. The summed E-state index contributed by atoms with van der Waals surface area (Å²) in [6.07, 6.45) is 4.12. The number of nitrogens with one attached hydrogen (secondary N) is 1. The largest absolute Gasteiger partial charge is 0.383 e. The smallest absolute Gasteiger partial charge is 0.180 e. The van der Waals surface area contributed by atoms with E-state index in [4.69, 9.17) is 4.74 Å². The van der Waals surface area contributed by atoms with Gasteiger partial charge in [-0.1, -0.05) is 6.07 Å². The number of rotatable bonds is 6. The summed E-state index contributed by atoms with van der Waals surface area (Å²) in [7, 11) is 1.75. The van der Waals surface area contributed by atoms with Crippen molar-refractivity contribution in [3.05, 3.63) is 36.2 Å². The quantitative estimate of drug-likeness (QED) is 0.879. The fraction of sp³-hybridized carbons (Fsp3) is 0.500. The van der Waals surface area contributed by atoms with Crippen LogP contribution in [0.15, 0.2) is 30.5 Å². The van der Waals surface area contributed by atoms with Crippen LogP contribution in [0.4, 0.5) is 5.82 Å². The van der Waals surface area contributed by atoms with Gasteiger partial charge in [0.1, 0.15) is 11.5 Å². The molecule has 0 unspecified atom stereocenters. The molecule has 2 aromatic heterocycles. The van der Waals surface area contributed by atoms with Gasteiger partial charge in [-0.15, -0.1) is 0 Å². The highest BCUT2D eigenvalue weighted by Crippen LogP contribution is 2.18. The molecule has 0 saturated carbocycles. The molecule has 0 spiro atoms. The predicted molar refractivity (Wildman–Crippen MR) is 95.0 cm³/mol. The van der Waals surface area contributed by atoms with Crippen molar-refractivity contribution in [3.63, 3.8) is 0 Å². The van der Waals surface area contributed by atoms with Crippen molar-refractivity contribution >= 4 is 5.82 Å². The highest BCUT2D eigenvalue weighted by Gasteiger charge is 2.20. The monoisotopic (exact) mass is 327 g/mol. The summed E-state index contributed by atoms with van der Waals surface area (Å²) < 4.78 is 5.19. The SMILES string of the molecule is COCCN1CCC[C@H](Nc2cc(C)nc(-c3ccccn3)n2)C1. The van der Waals surface area contributed by atoms with Gasteiger partial charge >= 0.3 is 0 Å². The standard InChI is InChI=1S/C18H25N5O/c1-14-12-17(22-18(20-14)16-7-3-4-8-19-16)21-15-6-5-9-23(13-15)10-11-24-2/h3-4,7-8,12,15H,5-6,9-11,13H2,1-2H3,(H,20,21,22)/t15-/m0/s1. The van der Waals surface area contributed by atoms with Crippen molar-refractivity contribution in [1.29, 1.82) is 0 Å². The van der Waals surface area contributed by atoms with Crippen LogP contribution >= 0.6 is 0 Å². The van der Waals surface area contributed by atoms with E-state index in [2.05, 4.69) is 25.2 Å². The molecule has 1 N–H and O–H groups in total.